The van der Waals surface area contributed by atoms with Crippen LogP contribution in [0.3, 0.4) is 0 Å². The van der Waals surface area contributed by atoms with E-state index >= 15 is 0 Å². The number of para-hydroxylation sites is 1. The molecule has 1 saturated heterocycles. The van der Waals surface area contributed by atoms with E-state index in [1.807, 2.05) is 35.2 Å². The fraction of sp³-hybridized carbons (Fsp3) is 0.208. The second-order valence-electron chi connectivity index (χ2n) is 7.46. The van der Waals surface area contributed by atoms with Crippen molar-refractivity contribution in [1.82, 2.24) is 0 Å². The largest absolute Gasteiger partial charge is 0.508 e. The number of hydrogen-bond acceptors (Lipinski definition) is 5. The lowest BCUT2D eigenvalue weighted by Gasteiger charge is -2.29. The molecule has 3 atom stereocenters. The Balaban J connectivity index is 1.62. The van der Waals surface area contributed by atoms with Gasteiger partial charge in [0, 0.05) is 22.6 Å². The van der Waals surface area contributed by atoms with Gasteiger partial charge in [-0.3, -0.25) is 0 Å². The minimum Gasteiger partial charge on any atom is -0.508 e. The molecule has 1 heterocycles. The number of thioether (sulfide) groups is 1. The third kappa shape index (κ3) is 4.69. The molecule has 1 fully saturated rings. The van der Waals surface area contributed by atoms with Crippen LogP contribution in [0.1, 0.15) is 36.1 Å². The van der Waals surface area contributed by atoms with E-state index in [9.17, 15) is 19.7 Å². The van der Waals surface area contributed by atoms with E-state index in [1.165, 1.54) is 30.0 Å². The highest BCUT2D eigenvalue weighted by Crippen LogP contribution is 2.49. The summed E-state index contributed by atoms with van der Waals surface area (Å²) in [6.07, 6.45) is 0.358. The van der Waals surface area contributed by atoms with Gasteiger partial charge in [0.25, 0.3) is 0 Å². The number of aromatic hydroxyl groups is 2. The Morgan fingerprint density at radius 1 is 1.00 bits per heavy atom. The topological polar surface area (TPSA) is 63.9 Å². The Morgan fingerprint density at radius 3 is 2.39 bits per heavy atom. The third-order valence-corrected chi connectivity index (χ3v) is 7.11. The van der Waals surface area contributed by atoms with Gasteiger partial charge >= 0.3 is 0 Å². The molecule has 0 saturated carbocycles. The van der Waals surface area contributed by atoms with Crippen molar-refractivity contribution in [2.45, 2.75) is 30.2 Å². The number of rotatable bonds is 6. The predicted molar refractivity (Wildman–Crippen MR) is 126 cm³/mol. The van der Waals surface area contributed by atoms with Crippen LogP contribution < -0.4 is 4.90 Å². The maximum Gasteiger partial charge on any atom is 0.141 e. The van der Waals surface area contributed by atoms with Crippen LogP contribution in [0.25, 0.3) is 0 Å². The average Bonchev–Trinajstić information content (AvgIpc) is 3.09. The van der Waals surface area contributed by atoms with E-state index in [-0.39, 0.29) is 28.6 Å². The standard InChI is InChI=1S/C24H22FNO3S2/c25-16-8-6-15(7-9-16)20(28)12-13-22-23(19-11-10-18(27)14-21(19)29)26(24(30)31-22)17-4-2-1-3-5-17/h1-11,14,20,22-23,27-29H,12-13H2/t20-,22-,23+/m0/s1. The molecule has 0 spiro atoms. The van der Waals surface area contributed by atoms with Crippen molar-refractivity contribution in [3.05, 3.63) is 89.7 Å². The van der Waals surface area contributed by atoms with Crippen molar-refractivity contribution < 1.29 is 19.7 Å². The number of halogens is 1. The number of nitrogens with zero attached hydrogens (tertiary/aromatic N) is 1. The first kappa shape index (κ1) is 21.6. The van der Waals surface area contributed by atoms with Gasteiger partial charge in [0.2, 0.25) is 0 Å². The zero-order valence-electron chi connectivity index (χ0n) is 16.6. The Hall–Kier alpha value is -2.61. The van der Waals surface area contributed by atoms with E-state index in [4.69, 9.17) is 12.2 Å². The molecule has 3 N–H and O–H groups in total. The zero-order valence-corrected chi connectivity index (χ0v) is 18.2. The molecule has 0 radical (unpaired) electrons. The first-order chi connectivity index (χ1) is 14.9. The monoisotopic (exact) mass is 455 g/mol. The highest BCUT2D eigenvalue weighted by molar-refractivity contribution is 8.24. The Kier molecular flexibility index (Phi) is 6.46. The van der Waals surface area contributed by atoms with Crippen LogP contribution in [-0.2, 0) is 0 Å². The van der Waals surface area contributed by atoms with Gasteiger partial charge in [0.1, 0.15) is 21.6 Å². The molecule has 0 unspecified atom stereocenters. The number of thiocarbonyl (C=S) groups is 1. The number of aliphatic hydroxyl groups excluding tert-OH is 1. The van der Waals surface area contributed by atoms with E-state index in [2.05, 4.69) is 0 Å². The molecule has 0 bridgehead atoms. The first-order valence-corrected chi connectivity index (χ1v) is 11.2. The lowest BCUT2D eigenvalue weighted by atomic mass is 9.95. The van der Waals surface area contributed by atoms with Gasteiger partial charge in [-0.05, 0) is 54.8 Å². The molecule has 1 aliphatic heterocycles. The Morgan fingerprint density at radius 2 is 1.71 bits per heavy atom. The summed E-state index contributed by atoms with van der Waals surface area (Å²) in [7, 11) is 0. The number of anilines is 1. The van der Waals surface area contributed by atoms with Crippen LogP contribution in [0.5, 0.6) is 11.5 Å². The Bertz CT molecular complexity index is 1060. The molecule has 4 nitrogen and oxygen atoms in total. The molecular formula is C24H22FNO3S2. The van der Waals surface area contributed by atoms with Crippen molar-refractivity contribution in [3.63, 3.8) is 0 Å². The molecule has 0 aliphatic carbocycles. The maximum absolute atomic E-state index is 13.2. The average molecular weight is 456 g/mol. The molecule has 31 heavy (non-hydrogen) atoms. The number of benzene rings is 3. The van der Waals surface area contributed by atoms with E-state index < -0.39 is 6.10 Å². The molecule has 4 rings (SSSR count). The summed E-state index contributed by atoms with van der Waals surface area (Å²) in [5.74, 6) is -0.349. The van der Waals surface area contributed by atoms with Gasteiger partial charge in [-0.25, -0.2) is 4.39 Å². The van der Waals surface area contributed by atoms with Crippen LogP contribution in [-0.4, -0.2) is 24.9 Å². The van der Waals surface area contributed by atoms with Crippen molar-refractivity contribution in [2.24, 2.45) is 0 Å². The second kappa shape index (κ2) is 9.26. The van der Waals surface area contributed by atoms with E-state index in [1.54, 1.807) is 24.3 Å². The van der Waals surface area contributed by atoms with Crippen LogP contribution >= 0.6 is 24.0 Å². The number of phenolic OH excluding ortho intramolecular Hbond substituents is 2. The molecule has 0 amide bonds. The van der Waals surface area contributed by atoms with Gasteiger partial charge in [0.15, 0.2) is 0 Å². The summed E-state index contributed by atoms with van der Waals surface area (Å²) in [5.41, 5.74) is 2.24. The summed E-state index contributed by atoms with van der Waals surface area (Å²) in [4.78, 5) is 2.01. The highest BCUT2D eigenvalue weighted by atomic mass is 32.2. The van der Waals surface area contributed by atoms with Crippen LogP contribution in [0, 0.1) is 5.82 Å². The fourth-order valence-corrected chi connectivity index (χ4v) is 5.73. The molecular weight excluding hydrogens is 433 g/mol. The quantitative estimate of drug-likeness (QED) is 0.415. The fourth-order valence-electron chi connectivity index (χ4n) is 3.90. The van der Waals surface area contributed by atoms with Crippen LogP contribution in [0.4, 0.5) is 10.1 Å². The lowest BCUT2D eigenvalue weighted by Crippen LogP contribution is -2.29. The van der Waals surface area contributed by atoms with Crippen LogP contribution in [0.15, 0.2) is 72.8 Å². The summed E-state index contributed by atoms with van der Waals surface area (Å²) < 4.78 is 13.9. The summed E-state index contributed by atoms with van der Waals surface area (Å²) in [6, 6.07) is 19.9. The second-order valence-corrected chi connectivity index (χ2v) is 9.33. The molecule has 0 aromatic heterocycles. The first-order valence-electron chi connectivity index (χ1n) is 9.94. The van der Waals surface area contributed by atoms with E-state index in [0.29, 0.717) is 28.3 Å². The van der Waals surface area contributed by atoms with Gasteiger partial charge in [-0.2, -0.15) is 0 Å². The van der Waals surface area contributed by atoms with Crippen molar-refractivity contribution in [3.8, 4) is 11.5 Å². The minimum atomic E-state index is -0.727. The highest BCUT2D eigenvalue weighted by Gasteiger charge is 2.41. The molecule has 1 aliphatic rings. The van der Waals surface area contributed by atoms with Crippen molar-refractivity contribution in [1.29, 1.82) is 0 Å². The van der Waals surface area contributed by atoms with Crippen molar-refractivity contribution >= 4 is 34.0 Å². The summed E-state index contributed by atoms with van der Waals surface area (Å²) >= 11 is 7.22. The summed E-state index contributed by atoms with van der Waals surface area (Å²) in [5, 5.41) is 30.9. The zero-order chi connectivity index (χ0) is 22.0. The predicted octanol–water partition coefficient (Wildman–Crippen LogP) is 5.70. The summed E-state index contributed by atoms with van der Waals surface area (Å²) in [6.45, 7) is 0. The number of hydrogen-bond donors (Lipinski definition) is 3. The van der Waals surface area contributed by atoms with E-state index in [0.717, 1.165) is 5.69 Å². The number of phenols is 2. The lowest BCUT2D eigenvalue weighted by molar-refractivity contribution is 0.163. The Labute approximate surface area is 190 Å². The molecule has 3 aromatic carbocycles. The van der Waals surface area contributed by atoms with Gasteiger partial charge in [0.05, 0.1) is 12.1 Å². The SMILES string of the molecule is Oc1ccc([C@@H]2[C@H](CC[C@H](O)c3ccc(F)cc3)SC(=S)N2c2ccccc2)c(O)c1. The molecule has 160 valence electrons. The van der Waals surface area contributed by atoms with Crippen LogP contribution in [0.2, 0.25) is 0 Å². The van der Waals surface area contributed by atoms with Gasteiger partial charge in [-0.15, -0.1) is 0 Å². The smallest absolute Gasteiger partial charge is 0.141 e. The van der Waals surface area contributed by atoms with Gasteiger partial charge < -0.3 is 20.2 Å². The third-order valence-electron chi connectivity index (χ3n) is 5.43. The maximum atomic E-state index is 13.2. The normalized spacial score (nSPS) is 19.5. The molecule has 7 heteroatoms. The van der Waals surface area contributed by atoms with Crippen molar-refractivity contribution in [2.75, 3.05) is 4.90 Å². The number of aliphatic hydroxyl groups is 1. The molecule has 3 aromatic rings. The minimum absolute atomic E-state index is 0.000291. The van der Waals surface area contributed by atoms with Gasteiger partial charge in [-0.1, -0.05) is 54.3 Å².